The number of nitrogens with zero attached hydrogens (tertiary/aromatic N) is 2. The average Bonchev–Trinajstić information content (AvgIpc) is 1.65. The molecule has 0 fully saturated rings. The Morgan fingerprint density at radius 3 is 1.67 bits per heavy atom. The van der Waals surface area contributed by atoms with Gasteiger partial charge in [-0.25, -0.2) is 22.8 Å². The van der Waals surface area contributed by atoms with Crippen molar-refractivity contribution in [2.75, 3.05) is 0 Å². The second-order valence-corrected chi connectivity index (χ2v) is 0.672. The second-order valence-electron chi connectivity index (χ2n) is 0.672. The molecule has 0 rings (SSSR count). The minimum atomic E-state index is -0.981. The fraction of sp³-hybridized carbons (Fsp3) is 0.333. The van der Waals surface area contributed by atoms with Crippen molar-refractivity contribution in [3.63, 3.8) is 0 Å². The van der Waals surface area contributed by atoms with Crippen LogP contribution in [0, 0.1) is 13.1 Å². The molecule has 0 spiro atoms. The van der Waals surface area contributed by atoms with Gasteiger partial charge in [-0.2, -0.15) is 5.73 Å². The zero-order chi connectivity index (χ0) is 4.99. The molecule has 2 N–H and O–H groups in total. The highest BCUT2D eigenvalue weighted by Crippen LogP contribution is 1.75. The molecule has 0 aliphatic carbocycles. The first-order valence-electron chi connectivity index (χ1n) is 1.30. The Labute approximate surface area is 36.0 Å². The Morgan fingerprint density at radius 1 is 1.33 bits per heavy atom. The third-order valence-corrected chi connectivity index (χ3v) is 0.265. The molecule has 0 amide bonds. The van der Waals surface area contributed by atoms with Crippen molar-refractivity contribution in [2.24, 2.45) is 5.73 Å². The maximum atomic E-state index is 6.09. The Bertz CT molecular complexity index is 90.2. The van der Waals surface area contributed by atoms with E-state index in [1.54, 1.807) is 0 Å². The van der Waals surface area contributed by atoms with Gasteiger partial charge in [-0.3, -0.25) is 0 Å². The molecule has 3 heteroatoms. The van der Waals surface area contributed by atoms with E-state index in [-0.39, 0.29) is 0 Å². The lowest BCUT2D eigenvalue weighted by Gasteiger charge is -1.70. The van der Waals surface area contributed by atoms with E-state index in [1.807, 2.05) is 0 Å². The van der Waals surface area contributed by atoms with Crippen LogP contribution in [0.15, 0.2) is 0 Å². The van der Waals surface area contributed by atoms with E-state index in [0.717, 1.165) is 0 Å². The van der Waals surface area contributed by atoms with Crippen molar-refractivity contribution < 1.29 is 0 Å². The lowest BCUT2D eigenvalue weighted by molar-refractivity contribution is 1.02. The van der Waals surface area contributed by atoms with Gasteiger partial charge in [-0.05, 0) is 0 Å². The molecular weight excluding hydrogens is 78.1 g/mol. The Kier molecular flexibility index (Phi) is 1.81. The molecule has 0 aromatic carbocycles. The van der Waals surface area contributed by atoms with Gasteiger partial charge in [0.15, 0.2) is 0 Å². The van der Waals surface area contributed by atoms with Crippen LogP contribution >= 0.6 is 0 Å². The van der Waals surface area contributed by atoms with Crippen LogP contribution in [0.1, 0.15) is 0 Å². The normalized spacial score (nSPS) is 6.67. The quantitative estimate of drug-likeness (QED) is 0.411. The third-order valence-electron chi connectivity index (χ3n) is 0.265. The maximum absolute atomic E-state index is 6.09. The highest BCUT2D eigenvalue weighted by Gasteiger charge is 1.98. The lowest BCUT2D eigenvalue weighted by Crippen LogP contribution is -2.07. The van der Waals surface area contributed by atoms with E-state index in [2.05, 4.69) is 9.69 Å². The van der Waals surface area contributed by atoms with Crippen LogP contribution in [0.4, 0.5) is 0 Å². The van der Waals surface area contributed by atoms with Crippen LogP contribution in [0.3, 0.4) is 0 Å². The summed E-state index contributed by atoms with van der Waals surface area (Å²) >= 11 is 0. The first-order valence-corrected chi connectivity index (χ1v) is 1.30. The molecule has 3 nitrogen and oxygen atoms in total. The summed E-state index contributed by atoms with van der Waals surface area (Å²) in [7, 11) is 0. The summed E-state index contributed by atoms with van der Waals surface area (Å²) in [5, 5.41) is 0. The van der Waals surface area contributed by atoms with Crippen LogP contribution in [0.25, 0.3) is 9.69 Å². The van der Waals surface area contributed by atoms with Gasteiger partial charge >= 0.3 is 6.29 Å². The molecular formula is C3H3N3. The maximum Gasteiger partial charge on any atom is 0.540 e. The number of hydrogen-bond donors (Lipinski definition) is 1. The van der Waals surface area contributed by atoms with Crippen molar-refractivity contribution in [3.05, 3.63) is 22.8 Å². The summed E-state index contributed by atoms with van der Waals surface area (Å²) in [6.07, 6.45) is -0.981. The average molecular weight is 81.1 g/mol. The van der Waals surface area contributed by atoms with E-state index >= 15 is 0 Å². The van der Waals surface area contributed by atoms with Crippen LogP contribution in [-0.4, -0.2) is 6.29 Å². The molecule has 0 aliphatic heterocycles. The van der Waals surface area contributed by atoms with Gasteiger partial charge in [0.25, 0.3) is 0 Å². The minimum Gasteiger partial charge on any atom is -0.223 e. The second kappa shape index (κ2) is 2.19. The fourth-order valence-corrected chi connectivity index (χ4v) is 0.0289. The van der Waals surface area contributed by atoms with Crippen molar-refractivity contribution in [2.45, 2.75) is 6.29 Å². The number of hydrogen-bond acceptors (Lipinski definition) is 1. The van der Waals surface area contributed by atoms with E-state index in [1.165, 1.54) is 0 Å². The Hall–Kier alpha value is -1.06. The van der Waals surface area contributed by atoms with Crippen molar-refractivity contribution in [1.82, 2.24) is 0 Å². The van der Waals surface area contributed by atoms with Gasteiger partial charge in [0.2, 0.25) is 0 Å². The van der Waals surface area contributed by atoms with Gasteiger partial charge in [0.1, 0.15) is 0 Å². The lowest BCUT2D eigenvalue weighted by atomic mass is 11.0. The number of nitrogens with two attached hydrogens (primary N) is 1. The van der Waals surface area contributed by atoms with E-state index in [4.69, 9.17) is 18.9 Å². The molecule has 0 aromatic heterocycles. The predicted octanol–water partition coefficient (Wildman–Crippen LogP) is 0.0673. The molecule has 0 heterocycles. The summed E-state index contributed by atoms with van der Waals surface area (Å²) < 4.78 is 0. The van der Waals surface area contributed by atoms with Gasteiger partial charge in [-0.15, -0.1) is 0 Å². The summed E-state index contributed by atoms with van der Waals surface area (Å²) in [4.78, 5) is 5.36. The van der Waals surface area contributed by atoms with Gasteiger partial charge in [0, 0.05) is 0 Å². The van der Waals surface area contributed by atoms with Gasteiger partial charge < -0.3 is 0 Å². The molecule has 0 aliphatic rings. The fourth-order valence-electron chi connectivity index (χ4n) is 0.0289. The third kappa shape index (κ3) is 1.28. The Balaban J connectivity index is 3.40. The van der Waals surface area contributed by atoms with Crippen molar-refractivity contribution >= 4 is 0 Å². The minimum absolute atomic E-state index is 0.981. The molecule has 6 heavy (non-hydrogen) atoms. The van der Waals surface area contributed by atoms with Crippen molar-refractivity contribution in [3.8, 4) is 0 Å². The topological polar surface area (TPSA) is 34.7 Å². The highest BCUT2D eigenvalue weighted by molar-refractivity contribution is 4.79. The molecule has 0 saturated heterocycles. The van der Waals surface area contributed by atoms with Crippen LogP contribution in [-0.2, 0) is 0 Å². The van der Waals surface area contributed by atoms with Crippen molar-refractivity contribution in [1.29, 1.82) is 0 Å². The molecule has 0 radical (unpaired) electrons. The van der Waals surface area contributed by atoms with E-state index in [0.29, 0.717) is 0 Å². The zero-order valence-electron chi connectivity index (χ0n) is 3.05. The molecule has 0 aromatic rings. The Morgan fingerprint density at radius 2 is 1.67 bits per heavy atom. The zero-order valence-corrected chi connectivity index (χ0v) is 3.05. The van der Waals surface area contributed by atoms with E-state index < -0.39 is 6.29 Å². The predicted molar refractivity (Wildman–Crippen MR) is 21.2 cm³/mol. The molecule has 0 saturated carbocycles. The van der Waals surface area contributed by atoms with E-state index in [9.17, 15) is 0 Å². The SMILES string of the molecule is [C-]#[N+]C(N)[N+]#[C-]. The summed E-state index contributed by atoms with van der Waals surface area (Å²) in [6, 6.07) is 0. The summed E-state index contributed by atoms with van der Waals surface area (Å²) in [6.45, 7) is 12.2. The monoisotopic (exact) mass is 81.0 g/mol. The first-order chi connectivity index (χ1) is 2.81. The summed E-state index contributed by atoms with van der Waals surface area (Å²) in [5.74, 6) is 0. The van der Waals surface area contributed by atoms with Gasteiger partial charge in [-0.1, -0.05) is 0 Å². The molecule has 0 atom stereocenters. The molecule has 30 valence electrons. The largest absolute Gasteiger partial charge is 0.540 e. The summed E-state index contributed by atoms with van der Waals surface area (Å²) in [5.41, 5.74) is 4.76. The number of rotatable bonds is 0. The van der Waals surface area contributed by atoms with Gasteiger partial charge in [0.05, 0.1) is 0 Å². The van der Waals surface area contributed by atoms with Crippen LogP contribution in [0.5, 0.6) is 0 Å². The van der Waals surface area contributed by atoms with Crippen LogP contribution in [0.2, 0.25) is 0 Å². The smallest absolute Gasteiger partial charge is 0.223 e. The molecule has 0 bridgehead atoms. The highest BCUT2D eigenvalue weighted by atomic mass is 15.1. The molecule has 0 unspecified atom stereocenters. The van der Waals surface area contributed by atoms with Crippen LogP contribution < -0.4 is 5.73 Å². The first kappa shape index (κ1) is 4.94. The standard InChI is InChI=1S/C3H3N3/c1-5-3(4)6-2/h3H,4H2.